The van der Waals surface area contributed by atoms with Crippen LogP contribution in [0, 0.1) is 0 Å². The van der Waals surface area contributed by atoms with E-state index in [4.69, 9.17) is 0 Å². The van der Waals surface area contributed by atoms with E-state index in [1.165, 1.54) is 18.3 Å². The Hall–Kier alpha value is -2.35. The minimum absolute atomic E-state index is 0.230. The Morgan fingerprint density at radius 3 is 2.32 bits per heavy atom. The molecule has 0 unspecified atom stereocenters. The van der Waals surface area contributed by atoms with E-state index in [-0.39, 0.29) is 5.56 Å². The molecule has 0 spiro atoms. The molecule has 116 valence electrons. The van der Waals surface area contributed by atoms with Gasteiger partial charge in [-0.2, -0.15) is 18.3 Å². The van der Waals surface area contributed by atoms with Crippen LogP contribution in [0.2, 0.25) is 0 Å². The van der Waals surface area contributed by atoms with E-state index in [9.17, 15) is 21.6 Å². The zero-order valence-corrected chi connectivity index (χ0v) is 11.9. The van der Waals surface area contributed by atoms with Gasteiger partial charge in [-0.1, -0.05) is 30.3 Å². The summed E-state index contributed by atoms with van der Waals surface area (Å²) < 4.78 is 60.1. The number of sulfone groups is 1. The Morgan fingerprint density at radius 2 is 1.68 bits per heavy atom. The first-order chi connectivity index (χ1) is 10.3. The fourth-order valence-electron chi connectivity index (χ4n) is 1.59. The third-order valence-electron chi connectivity index (χ3n) is 2.65. The number of para-hydroxylation sites is 1. The number of halogens is 3. The van der Waals surface area contributed by atoms with Crippen LogP contribution >= 0.6 is 0 Å². The van der Waals surface area contributed by atoms with Gasteiger partial charge in [-0.05, 0) is 29.8 Å². The number of hydrogen-bond donors (Lipinski definition) is 1. The lowest BCUT2D eigenvalue weighted by Gasteiger charge is -2.08. The number of hydrazone groups is 1. The number of nitrogens with zero attached hydrogens (tertiary/aromatic N) is 1. The van der Waals surface area contributed by atoms with E-state index >= 15 is 0 Å². The molecule has 0 atom stereocenters. The summed E-state index contributed by atoms with van der Waals surface area (Å²) in [5.41, 5.74) is -1.73. The van der Waals surface area contributed by atoms with E-state index in [1.807, 2.05) is 6.07 Å². The molecule has 22 heavy (non-hydrogen) atoms. The molecule has 0 saturated heterocycles. The van der Waals surface area contributed by atoms with Gasteiger partial charge >= 0.3 is 5.51 Å². The number of alkyl halides is 3. The quantitative estimate of drug-likeness (QED) is 0.691. The zero-order valence-electron chi connectivity index (χ0n) is 11.1. The molecule has 2 aromatic carbocycles. The fourth-order valence-corrected chi connectivity index (χ4v) is 2.41. The number of hydrogen-bond acceptors (Lipinski definition) is 4. The second-order valence-electron chi connectivity index (χ2n) is 4.26. The second kappa shape index (κ2) is 6.18. The number of rotatable bonds is 4. The Balaban J connectivity index is 2.19. The Bertz CT molecular complexity index is 772. The van der Waals surface area contributed by atoms with Crippen LogP contribution in [0.3, 0.4) is 0 Å². The average molecular weight is 328 g/mol. The van der Waals surface area contributed by atoms with Gasteiger partial charge in [-0.25, -0.2) is 8.42 Å². The maximum atomic E-state index is 12.5. The van der Waals surface area contributed by atoms with Crippen LogP contribution in [-0.4, -0.2) is 20.1 Å². The van der Waals surface area contributed by atoms with E-state index in [0.29, 0.717) is 5.69 Å². The van der Waals surface area contributed by atoms with Gasteiger partial charge < -0.3 is 0 Å². The summed E-state index contributed by atoms with van der Waals surface area (Å²) in [7, 11) is -5.36. The monoisotopic (exact) mass is 328 g/mol. The molecular weight excluding hydrogens is 317 g/mol. The first kappa shape index (κ1) is 16.0. The summed E-state index contributed by atoms with van der Waals surface area (Å²) in [6.07, 6.45) is 1.24. The van der Waals surface area contributed by atoms with Crippen molar-refractivity contribution < 1.29 is 21.6 Å². The van der Waals surface area contributed by atoms with Gasteiger partial charge in [0.2, 0.25) is 0 Å². The van der Waals surface area contributed by atoms with Crippen molar-refractivity contribution in [2.24, 2.45) is 5.10 Å². The highest BCUT2D eigenvalue weighted by Crippen LogP contribution is 2.30. The Morgan fingerprint density at radius 1 is 1.00 bits per heavy atom. The molecule has 2 rings (SSSR count). The lowest BCUT2D eigenvalue weighted by atomic mass is 10.2. The minimum Gasteiger partial charge on any atom is -0.279 e. The number of nitrogens with one attached hydrogen (secondary N) is 1. The minimum atomic E-state index is -5.36. The van der Waals surface area contributed by atoms with Crippen LogP contribution < -0.4 is 5.43 Å². The van der Waals surface area contributed by atoms with Crippen molar-refractivity contribution in [3.63, 3.8) is 0 Å². The Kier molecular flexibility index (Phi) is 4.51. The zero-order chi connectivity index (χ0) is 16.2. The summed E-state index contributed by atoms with van der Waals surface area (Å²) in [5, 5.41) is 3.85. The van der Waals surface area contributed by atoms with Gasteiger partial charge in [0.15, 0.2) is 0 Å². The molecule has 0 heterocycles. The largest absolute Gasteiger partial charge is 0.501 e. The standard InChI is InChI=1S/C14H11F3N2O2S/c15-14(16,17)22(20,21)13-8-4-5-11(9-13)10-18-19-12-6-2-1-3-7-12/h1-10,19H. The van der Waals surface area contributed by atoms with Gasteiger partial charge in [-0.15, -0.1) is 0 Å². The molecule has 0 saturated carbocycles. The third-order valence-corrected chi connectivity index (χ3v) is 4.14. The van der Waals surface area contributed by atoms with E-state index < -0.39 is 20.2 Å². The lowest BCUT2D eigenvalue weighted by molar-refractivity contribution is -0.0436. The van der Waals surface area contributed by atoms with E-state index in [2.05, 4.69) is 10.5 Å². The van der Waals surface area contributed by atoms with Crippen molar-refractivity contribution in [3.8, 4) is 0 Å². The van der Waals surface area contributed by atoms with Gasteiger partial charge in [0.1, 0.15) is 0 Å². The molecule has 4 nitrogen and oxygen atoms in total. The lowest BCUT2D eigenvalue weighted by Crippen LogP contribution is -2.23. The van der Waals surface area contributed by atoms with Crippen molar-refractivity contribution in [1.29, 1.82) is 0 Å². The van der Waals surface area contributed by atoms with Crippen molar-refractivity contribution in [2.75, 3.05) is 5.43 Å². The summed E-state index contributed by atoms with van der Waals surface area (Å²) in [5.74, 6) is 0. The van der Waals surface area contributed by atoms with Crippen LogP contribution in [0.5, 0.6) is 0 Å². The highest BCUT2D eigenvalue weighted by Gasteiger charge is 2.46. The summed E-state index contributed by atoms with van der Waals surface area (Å²) in [6, 6.07) is 13.4. The SMILES string of the molecule is O=S(=O)(c1cccc(C=NNc2ccccc2)c1)C(F)(F)F. The first-order valence-corrected chi connectivity index (χ1v) is 7.54. The molecule has 0 aliphatic heterocycles. The van der Waals surface area contributed by atoms with Crippen LogP contribution in [-0.2, 0) is 9.84 Å². The first-order valence-electron chi connectivity index (χ1n) is 6.06. The maximum absolute atomic E-state index is 12.5. The molecule has 1 N–H and O–H groups in total. The average Bonchev–Trinajstić information content (AvgIpc) is 2.47. The summed E-state index contributed by atoms with van der Waals surface area (Å²) in [6.45, 7) is 0. The van der Waals surface area contributed by atoms with Gasteiger partial charge in [-0.3, -0.25) is 5.43 Å². The number of anilines is 1. The predicted molar refractivity (Wildman–Crippen MR) is 77.3 cm³/mol. The molecule has 0 bridgehead atoms. The topological polar surface area (TPSA) is 58.5 Å². The normalized spacial score (nSPS) is 12.5. The van der Waals surface area contributed by atoms with Crippen LogP contribution in [0.1, 0.15) is 5.56 Å². The molecule has 0 aliphatic rings. The molecule has 8 heteroatoms. The fraction of sp³-hybridized carbons (Fsp3) is 0.0714. The maximum Gasteiger partial charge on any atom is 0.501 e. The molecule has 0 aliphatic carbocycles. The predicted octanol–water partition coefficient (Wildman–Crippen LogP) is 3.43. The number of benzene rings is 2. The second-order valence-corrected chi connectivity index (χ2v) is 6.20. The smallest absolute Gasteiger partial charge is 0.279 e. The van der Waals surface area contributed by atoms with Crippen LogP contribution in [0.4, 0.5) is 18.9 Å². The van der Waals surface area contributed by atoms with E-state index in [1.54, 1.807) is 24.3 Å². The third kappa shape index (κ3) is 3.64. The van der Waals surface area contributed by atoms with Crippen LogP contribution in [0.15, 0.2) is 64.6 Å². The van der Waals surface area contributed by atoms with Gasteiger partial charge in [0.05, 0.1) is 16.8 Å². The van der Waals surface area contributed by atoms with Crippen LogP contribution in [0.25, 0.3) is 0 Å². The van der Waals surface area contributed by atoms with Gasteiger partial charge in [0, 0.05) is 0 Å². The molecule has 0 radical (unpaired) electrons. The van der Waals surface area contributed by atoms with Crippen molar-refractivity contribution in [1.82, 2.24) is 0 Å². The van der Waals surface area contributed by atoms with Crippen molar-refractivity contribution in [2.45, 2.75) is 10.4 Å². The molecular formula is C14H11F3N2O2S. The van der Waals surface area contributed by atoms with Crippen molar-refractivity contribution in [3.05, 3.63) is 60.2 Å². The summed E-state index contributed by atoms with van der Waals surface area (Å²) >= 11 is 0. The molecule has 0 aromatic heterocycles. The summed E-state index contributed by atoms with van der Waals surface area (Å²) in [4.78, 5) is -0.816. The Labute approximate surface area is 125 Å². The highest BCUT2D eigenvalue weighted by molar-refractivity contribution is 7.92. The molecule has 0 amide bonds. The highest BCUT2D eigenvalue weighted by atomic mass is 32.2. The van der Waals surface area contributed by atoms with E-state index in [0.717, 1.165) is 12.1 Å². The molecule has 0 fully saturated rings. The molecule has 2 aromatic rings. The van der Waals surface area contributed by atoms with Gasteiger partial charge in [0.25, 0.3) is 9.84 Å². The van der Waals surface area contributed by atoms with Crippen molar-refractivity contribution >= 4 is 21.7 Å².